The highest BCUT2D eigenvalue weighted by atomic mass is 32.2. The molecular formula is C14H19NO6S. The van der Waals surface area contributed by atoms with Crippen molar-refractivity contribution >= 4 is 21.7 Å². The van der Waals surface area contributed by atoms with Gasteiger partial charge in [0.1, 0.15) is 11.0 Å². The fourth-order valence-electron chi connectivity index (χ4n) is 1.57. The lowest BCUT2D eigenvalue weighted by Crippen LogP contribution is -2.38. The average Bonchev–Trinajstić information content (AvgIpc) is 2.44. The third-order valence-electron chi connectivity index (χ3n) is 3.01. The van der Waals surface area contributed by atoms with Gasteiger partial charge in [-0.15, -0.1) is 0 Å². The lowest BCUT2D eigenvalue weighted by Gasteiger charge is -2.10. The number of aliphatic carboxylic acids is 1. The minimum Gasteiger partial charge on any atom is -0.482 e. The summed E-state index contributed by atoms with van der Waals surface area (Å²) >= 11 is 0. The van der Waals surface area contributed by atoms with Gasteiger partial charge in [-0.05, 0) is 31.0 Å². The van der Waals surface area contributed by atoms with Crippen molar-refractivity contribution in [3.05, 3.63) is 29.8 Å². The van der Waals surface area contributed by atoms with E-state index < -0.39 is 33.6 Å². The monoisotopic (exact) mass is 329 g/mol. The van der Waals surface area contributed by atoms with Crippen molar-refractivity contribution in [1.29, 1.82) is 0 Å². The maximum atomic E-state index is 11.6. The fraction of sp³-hybridized carbons (Fsp3) is 0.429. The summed E-state index contributed by atoms with van der Waals surface area (Å²) in [6.07, 6.45) is 1.55. The van der Waals surface area contributed by atoms with Crippen molar-refractivity contribution in [3.8, 4) is 5.75 Å². The van der Waals surface area contributed by atoms with E-state index >= 15 is 0 Å². The molecule has 1 aromatic rings. The van der Waals surface area contributed by atoms with Crippen molar-refractivity contribution in [2.75, 3.05) is 19.4 Å². The molecule has 22 heavy (non-hydrogen) atoms. The molecule has 1 rings (SSSR count). The van der Waals surface area contributed by atoms with Crippen molar-refractivity contribution < 1.29 is 27.9 Å². The number of hydrogen-bond acceptors (Lipinski definition) is 5. The molecule has 1 aromatic carbocycles. The SMILES string of the molecule is CC(C(=O)NCCc1ccc(OCC(=O)O)cc1)S(C)(=O)=O. The van der Waals surface area contributed by atoms with Crippen molar-refractivity contribution in [1.82, 2.24) is 5.32 Å². The Morgan fingerprint density at radius 1 is 1.27 bits per heavy atom. The van der Waals surface area contributed by atoms with E-state index in [0.29, 0.717) is 18.7 Å². The maximum absolute atomic E-state index is 11.6. The Morgan fingerprint density at radius 3 is 2.36 bits per heavy atom. The van der Waals surface area contributed by atoms with Crippen LogP contribution in [-0.4, -0.2) is 50.1 Å². The summed E-state index contributed by atoms with van der Waals surface area (Å²) in [6, 6.07) is 6.78. The molecule has 0 aliphatic heterocycles. The fourth-order valence-corrected chi connectivity index (χ4v) is 2.04. The Labute approximate surface area is 129 Å². The highest BCUT2D eigenvalue weighted by Gasteiger charge is 2.22. The first-order chi connectivity index (χ1) is 10.2. The predicted octanol–water partition coefficient (Wildman–Crippen LogP) is 0.242. The molecule has 0 saturated carbocycles. The molecule has 0 radical (unpaired) electrons. The number of carbonyl (C=O) groups excluding carboxylic acids is 1. The second-order valence-corrected chi connectivity index (χ2v) is 7.21. The van der Waals surface area contributed by atoms with Gasteiger partial charge >= 0.3 is 5.97 Å². The van der Waals surface area contributed by atoms with Crippen LogP contribution in [0, 0.1) is 0 Å². The molecule has 7 nitrogen and oxygen atoms in total. The summed E-state index contributed by atoms with van der Waals surface area (Å²) in [5.41, 5.74) is 0.912. The molecule has 1 unspecified atom stereocenters. The number of sulfone groups is 1. The number of benzene rings is 1. The standard InChI is InChI=1S/C14H19NO6S/c1-10(22(2,19)20)14(18)15-8-7-11-3-5-12(6-4-11)21-9-13(16)17/h3-6,10H,7-9H2,1-2H3,(H,15,18)(H,16,17). The molecule has 0 aliphatic carbocycles. The highest BCUT2D eigenvalue weighted by Crippen LogP contribution is 2.12. The Balaban J connectivity index is 2.42. The molecule has 0 aromatic heterocycles. The minimum absolute atomic E-state index is 0.314. The molecule has 1 amide bonds. The van der Waals surface area contributed by atoms with Crippen LogP contribution in [-0.2, 0) is 25.8 Å². The molecule has 0 aliphatic rings. The van der Waals surface area contributed by atoms with Crippen LogP contribution in [0.25, 0.3) is 0 Å². The predicted molar refractivity (Wildman–Crippen MR) is 80.6 cm³/mol. The summed E-state index contributed by atoms with van der Waals surface area (Å²) in [7, 11) is -3.39. The Kier molecular flexibility index (Phi) is 6.36. The number of ether oxygens (including phenoxy) is 1. The summed E-state index contributed by atoms with van der Waals surface area (Å²) < 4.78 is 27.5. The second-order valence-electron chi connectivity index (χ2n) is 4.84. The zero-order valence-corrected chi connectivity index (χ0v) is 13.2. The number of carboxylic acids is 1. The van der Waals surface area contributed by atoms with E-state index in [-0.39, 0.29) is 0 Å². The third kappa shape index (κ3) is 6.13. The number of rotatable bonds is 8. The molecule has 0 fully saturated rings. The van der Waals surface area contributed by atoms with Crippen LogP contribution in [0.4, 0.5) is 0 Å². The molecule has 0 saturated heterocycles. The summed E-state index contributed by atoms with van der Waals surface area (Å²) in [5, 5.41) is 9.99. The normalized spacial score (nSPS) is 12.5. The van der Waals surface area contributed by atoms with E-state index in [1.165, 1.54) is 6.92 Å². The molecular weight excluding hydrogens is 310 g/mol. The van der Waals surface area contributed by atoms with E-state index in [0.717, 1.165) is 11.8 Å². The van der Waals surface area contributed by atoms with Gasteiger partial charge in [0.25, 0.3) is 0 Å². The minimum atomic E-state index is -3.39. The molecule has 0 spiro atoms. The van der Waals surface area contributed by atoms with Crippen LogP contribution in [0.2, 0.25) is 0 Å². The summed E-state index contributed by atoms with van der Waals surface area (Å²) in [4.78, 5) is 22.0. The number of hydrogen-bond donors (Lipinski definition) is 2. The summed E-state index contributed by atoms with van der Waals surface area (Å²) in [6.45, 7) is 1.26. The third-order valence-corrected chi connectivity index (χ3v) is 4.51. The van der Waals surface area contributed by atoms with Crippen LogP contribution in [0.1, 0.15) is 12.5 Å². The zero-order valence-electron chi connectivity index (χ0n) is 12.4. The van der Waals surface area contributed by atoms with Crippen LogP contribution in [0.3, 0.4) is 0 Å². The molecule has 1 atom stereocenters. The molecule has 2 N–H and O–H groups in total. The highest BCUT2D eigenvalue weighted by molar-refractivity contribution is 7.92. The Hall–Kier alpha value is -2.09. The first kappa shape index (κ1) is 18.0. The average molecular weight is 329 g/mol. The van der Waals surface area contributed by atoms with E-state index in [1.807, 2.05) is 0 Å². The smallest absolute Gasteiger partial charge is 0.341 e. The topological polar surface area (TPSA) is 110 Å². The van der Waals surface area contributed by atoms with Gasteiger partial charge in [-0.3, -0.25) is 4.79 Å². The molecule has 0 bridgehead atoms. The van der Waals surface area contributed by atoms with Crippen molar-refractivity contribution in [3.63, 3.8) is 0 Å². The van der Waals surface area contributed by atoms with Crippen LogP contribution < -0.4 is 10.1 Å². The van der Waals surface area contributed by atoms with Crippen molar-refractivity contribution in [2.45, 2.75) is 18.6 Å². The van der Waals surface area contributed by atoms with Gasteiger partial charge in [0.05, 0.1) is 0 Å². The zero-order chi connectivity index (χ0) is 16.8. The van der Waals surface area contributed by atoms with E-state index in [4.69, 9.17) is 9.84 Å². The molecule has 8 heteroatoms. The molecule has 122 valence electrons. The Morgan fingerprint density at radius 2 is 1.86 bits per heavy atom. The maximum Gasteiger partial charge on any atom is 0.341 e. The van der Waals surface area contributed by atoms with E-state index in [9.17, 15) is 18.0 Å². The van der Waals surface area contributed by atoms with Crippen LogP contribution >= 0.6 is 0 Å². The van der Waals surface area contributed by atoms with Gasteiger partial charge in [-0.25, -0.2) is 13.2 Å². The van der Waals surface area contributed by atoms with Crippen LogP contribution in [0.5, 0.6) is 5.75 Å². The summed E-state index contributed by atoms with van der Waals surface area (Å²) in [5.74, 6) is -1.13. The van der Waals surface area contributed by atoms with Crippen LogP contribution in [0.15, 0.2) is 24.3 Å². The van der Waals surface area contributed by atoms with Gasteiger partial charge < -0.3 is 15.2 Å². The lowest BCUT2D eigenvalue weighted by molar-refractivity contribution is -0.139. The van der Waals surface area contributed by atoms with Gasteiger partial charge in [0, 0.05) is 12.8 Å². The number of carboxylic acid groups (broad SMARTS) is 1. The quantitative estimate of drug-likeness (QED) is 0.707. The van der Waals surface area contributed by atoms with Crippen molar-refractivity contribution in [2.24, 2.45) is 0 Å². The first-order valence-electron chi connectivity index (χ1n) is 6.60. The van der Waals surface area contributed by atoms with Gasteiger partial charge in [-0.1, -0.05) is 12.1 Å². The van der Waals surface area contributed by atoms with E-state index in [2.05, 4.69) is 5.32 Å². The van der Waals surface area contributed by atoms with Gasteiger partial charge in [0.2, 0.25) is 5.91 Å². The second kappa shape index (κ2) is 7.79. The number of carbonyl (C=O) groups is 2. The Bertz CT molecular complexity index is 623. The largest absolute Gasteiger partial charge is 0.482 e. The van der Waals surface area contributed by atoms with Gasteiger partial charge in [-0.2, -0.15) is 0 Å². The number of nitrogens with one attached hydrogen (secondary N) is 1. The first-order valence-corrected chi connectivity index (χ1v) is 8.55. The van der Waals surface area contributed by atoms with E-state index in [1.54, 1.807) is 24.3 Å². The lowest BCUT2D eigenvalue weighted by atomic mass is 10.1. The number of amides is 1. The molecule has 0 heterocycles. The van der Waals surface area contributed by atoms with Gasteiger partial charge in [0.15, 0.2) is 16.4 Å².